The molecule has 0 atom stereocenters. The van der Waals surface area contributed by atoms with Crippen molar-refractivity contribution in [3.8, 4) is 11.1 Å². The third-order valence-corrected chi connectivity index (χ3v) is 2.23. The zero-order chi connectivity index (χ0) is 11.1. The van der Waals surface area contributed by atoms with E-state index in [2.05, 4.69) is 76.1 Å². The molecule has 3 radical (unpaired) electrons. The molecule has 0 aromatic heterocycles. The molecule has 0 aliphatic carbocycles. The third kappa shape index (κ3) is 3.22. The Bertz CT molecular complexity index is 398. The summed E-state index contributed by atoms with van der Waals surface area (Å²) in [4.78, 5) is 0. The van der Waals surface area contributed by atoms with Crippen molar-refractivity contribution in [2.45, 2.75) is 6.92 Å². The highest BCUT2D eigenvalue weighted by molar-refractivity contribution is 6.80. The minimum absolute atomic E-state index is 1.29. The van der Waals surface area contributed by atoms with Crippen molar-refractivity contribution in [2.75, 3.05) is 0 Å². The molecule has 2 heteroatoms. The Morgan fingerprint density at radius 2 is 1.33 bits per heavy atom. The van der Waals surface area contributed by atoms with Crippen LogP contribution in [-0.4, -0.2) is 9.55 Å². The first-order valence-corrected chi connectivity index (χ1v) is 6.19. The zero-order valence-electron chi connectivity index (χ0n) is 8.57. The molecule has 2 aromatic rings. The first-order chi connectivity index (χ1) is 7.38. The van der Waals surface area contributed by atoms with Gasteiger partial charge in [-0.15, -0.1) is 0 Å². The van der Waals surface area contributed by atoms with E-state index in [1.807, 2.05) is 6.07 Å². The molecule has 0 fully saturated rings. The van der Waals surface area contributed by atoms with Gasteiger partial charge in [0.2, 0.25) is 0 Å². The largest absolute Gasteiger partial charge is 0.174 e. The predicted octanol–water partition coefficient (Wildman–Crippen LogP) is 3.97. The summed E-state index contributed by atoms with van der Waals surface area (Å²) in [6, 6.07) is 18.9. The Labute approximate surface area is 99.0 Å². The molecule has 0 nitrogen and oxygen atoms in total. The molecule has 75 valence electrons. The Hall–Kier alpha value is -1.05. The van der Waals surface area contributed by atoms with Gasteiger partial charge in [0.15, 0.2) is 9.55 Å². The maximum absolute atomic E-state index is 4.44. The molecular formula is C13H12ClSi. The minimum atomic E-state index is 1.29. The summed E-state index contributed by atoms with van der Waals surface area (Å²) in [6.07, 6.45) is 0. The van der Waals surface area contributed by atoms with Crippen LogP contribution in [0, 0.1) is 6.92 Å². The molecule has 0 unspecified atom stereocenters. The maximum atomic E-state index is 4.44. The summed E-state index contributed by atoms with van der Waals surface area (Å²) in [5, 5.41) is 0. The number of hydrogen-bond acceptors (Lipinski definition) is 0. The second kappa shape index (κ2) is 6.43. The molecule has 0 aliphatic rings. The van der Waals surface area contributed by atoms with Crippen LogP contribution in [0.15, 0.2) is 54.6 Å². The van der Waals surface area contributed by atoms with Gasteiger partial charge in [-0.3, -0.25) is 0 Å². The van der Waals surface area contributed by atoms with Crippen molar-refractivity contribution in [3.63, 3.8) is 0 Å². The number of rotatable bonds is 1. The lowest BCUT2D eigenvalue weighted by Gasteiger charge is -2.04. The molecule has 0 amide bonds. The number of benzene rings is 2. The number of hydrogen-bond donors (Lipinski definition) is 0. The van der Waals surface area contributed by atoms with E-state index in [0.717, 1.165) is 0 Å². The topological polar surface area (TPSA) is 0 Å². The molecular weight excluding hydrogens is 220 g/mol. The van der Waals surface area contributed by atoms with Crippen molar-refractivity contribution >= 4 is 20.6 Å². The van der Waals surface area contributed by atoms with E-state index in [4.69, 9.17) is 0 Å². The van der Waals surface area contributed by atoms with Crippen LogP contribution >= 0.6 is 11.1 Å². The Balaban J connectivity index is 0.000000531. The van der Waals surface area contributed by atoms with E-state index in [1.54, 1.807) is 0 Å². The monoisotopic (exact) mass is 231 g/mol. The highest BCUT2D eigenvalue weighted by Gasteiger charge is 1.97. The number of halogens is 1. The van der Waals surface area contributed by atoms with Crippen molar-refractivity contribution in [1.82, 2.24) is 0 Å². The minimum Gasteiger partial charge on any atom is -0.174 e. The van der Waals surface area contributed by atoms with Gasteiger partial charge >= 0.3 is 0 Å². The van der Waals surface area contributed by atoms with Gasteiger partial charge in [0, 0.05) is 0 Å². The first-order valence-electron chi connectivity index (χ1n) is 4.68. The van der Waals surface area contributed by atoms with Gasteiger partial charge < -0.3 is 0 Å². The fourth-order valence-electron chi connectivity index (χ4n) is 1.51. The van der Waals surface area contributed by atoms with Crippen LogP contribution in [0.3, 0.4) is 0 Å². The SMILES string of the molecule is Cc1ccccc1-c1ccccc1.[Si]Cl. The van der Waals surface area contributed by atoms with Gasteiger partial charge in [-0.05, 0) is 23.6 Å². The highest BCUT2D eigenvalue weighted by Crippen LogP contribution is 2.21. The Morgan fingerprint density at radius 3 is 1.93 bits per heavy atom. The maximum Gasteiger partial charge on any atom is 0.174 e. The van der Waals surface area contributed by atoms with E-state index in [0.29, 0.717) is 0 Å². The molecule has 0 heterocycles. The average Bonchev–Trinajstić information content (AvgIpc) is 2.33. The highest BCUT2D eigenvalue weighted by atomic mass is 35.6. The quantitative estimate of drug-likeness (QED) is 0.515. The number of aryl methyl sites for hydroxylation is 1. The molecule has 2 rings (SSSR count). The van der Waals surface area contributed by atoms with E-state index in [-0.39, 0.29) is 0 Å². The van der Waals surface area contributed by atoms with Crippen LogP contribution in [0.4, 0.5) is 0 Å². The molecule has 0 spiro atoms. The van der Waals surface area contributed by atoms with Crippen LogP contribution in [0.25, 0.3) is 11.1 Å². The van der Waals surface area contributed by atoms with E-state index in [9.17, 15) is 0 Å². The van der Waals surface area contributed by atoms with Crippen LogP contribution in [-0.2, 0) is 0 Å². The summed E-state index contributed by atoms with van der Waals surface area (Å²) in [7, 11) is 2.44. The van der Waals surface area contributed by atoms with Gasteiger partial charge in [-0.25, -0.2) is 0 Å². The Kier molecular flexibility index (Phi) is 5.16. The van der Waals surface area contributed by atoms with Gasteiger partial charge in [0.05, 0.1) is 0 Å². The summed E-state index contributed by atoms with van der Waals surface area (Å²) in [6.45, 7) is 2.14. The van der Waals surface area contributed by atoms with Crippen molar-refractivity contribution in [1.29, 1.82) is 0 Å². The van der Waals surface area contributed by atoms with E-state index < -0.39 is 0 Å². The van der Waals surface area contributed by atoms with Crippen LogP contribution in [0.5, 0.6) is 0 Å². The van der Waals surface area contributed by atoms with Gasteiger partial charge in [0.25, 0.3) is 0 Å². The van der Waals surface area contributed by atoms with E-state index in [1.165, 1.54) is 16.7 Å². The molecule has 0 saturated carbocycles. The lowest BCUT2D eigenvalue weighted by atomic mass is 10.0. The second-order valence-corrected chi connectivity index (χ2v) is 3.18. The zero-order valence-corrected chi connectivity index (χ0v) is 10.3. The fraction of sp³-hybridized carbons (Fsp3) is 0.0769. The lowest BCUT2D eigenvalue weighted by Crippen LogP contribution is -1.80. The van der Waals surface area contributed by atoms with Crippen LogP contribution in [0.1, 0.15) is 5.56 Å². The van der Waals surface area contributed by atoms with Crippen LogP contribution < -0.4 is 0 Å². The van der Waals surface area contributed by atoms with Gasteiger partial charge in [-0.1, -0.05) is 54.6 Å². The average molecular weight is 232 g/mol. The first kappa shape index (κ1) is 12.0. The van der Waals surface area contributed by atoms with Crippen LogP contribution in [0.2, 0.25) is 0 Å². The standard InChI is InChI=1S/C13H12.ClSi/c1-11-7-5-6-10-13(11)12-8-3-2-4-9-12;1-2/h2-10H,1H3;. The molecule has 0 saturated heterocycles. The van der Waals surface area contributed by atoms with Crippen molar-refractivity contribution in [3.05, 3.63) is 60.2 Å². The Morgan fingerprint density at radius 1 is 0.800 bits per heavy atom. The summed E-state index contributed by atoms with van der Waals surface area (Å²) in [5.41, 5.74) is 3.94. The summed E-state index contributed by atoms with van der Waals surface area (Å²) in [5.74, 6) is 0. The molecule has 0 aliphatic heterocycles. The predicted molar refractivity (Wildman–Crippen MR) is 68.2 cm³/mol. The molecule has 15 heavy (non-hydrogen) atoms. The van der Waals surface area contributed by atoms with Crippen molar-refractivity contribution in [2.24, 2.45) is 0 Å². The second-order valence-electron chi connectivity index (χ2n) is 3.18. The normalized spacial score (nSPS) is 9.00. The molecule has 0 bridgehead atoms. The van der Waals surface area contributed by atoms with Gasteiger partial charge in [0.1, 0.15) is 0 Å². The summed E-state index contributed by atoms with van der Waals surface area (Å²) >= 11 is 4.44. The fourth-order valence-corrected chi connectivity index (χ4v) is 1.51. The molecule has 0 N–H and O–H groups in total. The third-order valence-electron chi connectivity index (χ3n) is 2.23. The van der Waals surface area contributed by atoms with E-state index >= 15 is 0 Å². The van der Waals surface area contributed by atoms with Gasteiger partial charge in [-0.2, -0.15) is 11.1 Å². The summed E-state index contributed by atoms with van der Waals surface area (Å²) < 4.78 is 0. The smallest absolute Gasteiger partial charge is 0.174 e. The molecule has 2 aromatic carbocycles. The lowest BCUT2D eigenvalue weighted by molar-refractivity contribution is 1.46. The van der Waals surface area contributed by atoms with Crippen molar-refractivity contribution < 1.29 is 0 Å².